The minimum atomic E-state index is -3.78. The quantitative estimate of drug-likeness (QED) is 0.493. The SMILES string of the molecule is CCCNC(=O)C(C)N(Cc1cccc(Br)c1)C(=O)CN(c1cccc(Cl)c1)S(C)(=O)=O. The van der Waals surface area contributed by atoms with E-state index in [1.165, 1.54) is 11.0 Å². The Morgan fingerprint density at radius 3 is 2.44 bits per heavy atom. The van der Waals surface area contributed by atoms with E-state index in [0.29, 0.717) is 11.6 Å². The van der Waals surface area contributed by atoms with Gasteiger partial charge in [0.15, 0.2) is 0 Å². The van der Waals surface area contributed by atoms with Crippen LogP contribution in [0.25, 0.3) is 0 Å². The van der Waals surface area contributed by atoms with Crippen molar-refractivity contribution in [1.29, 1.82) is 0 Å². The summed E-state index contributed by atoms with van der Waals surface area (Å²) in [5.74, 6) is -0.807. The van der Waals surface area contributed by atoms with Crippen molar-refractivity contribution in [3.63, 3.8) is 0 Å². The van der Waals surface area contributed by atoms with E-state index in [2.05, 4.69) is 21.2 Å². The van der Waals surface area contributed by atoms with E-state index in [-0.39, 0.29) is 18.1 Å². The van der Waals surface area contributed by atoms with Gasteiger partial charge in [-0.1, -0.05) is 52.7 Å². The number of rotatable bonds is 10. The molecule has 32 heavy (non-hydrogen) atoms. The molecule has 2 aromatic carbocycles. The van der Waals surface area contributed by atoms with Gasteiger partial charge in [0.1, 0.15) is 12.6 Å². The highest BCUT2D eigenvalue weighted by Crippen LogP contribution is 2.23. The lowest BCUT2D eigenvalue weighted by atomic mass is 10.1. The normalized spacial score (nSPS) is 12.2. The molecule has 0 aliphatic rings. The Balaban J connectivity index is 2.37. The fraction of sp³-hybridized carbons (Fsp3) is 0.364. The second-order valence-corrected chi connectivity index (χ2v) is 10.6. The molecule has 0 saturated heterocycles. The van der Waals surface area contributed by atoms with Crippen molar-refractivity contribution in [2.24, 2.45) is 0 Å². The van der Waals surface area contributed by atoms with Crippen LogP contribution in [0.2, 0.25) is 5.02 Å². The van der Waals surface area contributed by atoms with Gasteiger partial charge in [-0.2, -0.15) is 0 Å². The number of carbonyl (C=O) groups excluding carboxylic acids is 2. The van der Waals surface area contributed by atoms with Gasteiger partial charge in [-0.3, -0.25) is 13.9 Å². The Hall–Kier alpha value is -2.10. The summed E-state index contributed by atoms with van der Waals surface area (Å²) in [5, 5.41) is 3.14. The molecular formula is C22H27BrClN3O4S. The van der Waals surface area contributed by atoms with Crippen LogP contribution in [0.1, 0.15) is 25.8 Å². The van der Waals surface area contributed by atoms with Gasteiger partial charge in [0.2, 0.25) is 21.8 Å². The monoisotopic (exact) mass is 543 g/mol. The predicted molar refractivity (Wildman–Crippen MR) is 131 cm³/mol. The Bertz CT molecular complexity index is 1060. The molecule has 7 nitrogen and oxygen atoms in total. The minimum Gasteiger partial charge on any atom is -0.354 e. The highest BCUT2D eigenvalue weighted by atomic mass is 79.9. The Morgan fingerprint density at radius 1 is 1.16 bits per heavy atom. The number of nitrogens with zero attached hydrogens (tertiary/aromatic N) is 2. The standard InChI is InChI=1S/C22H27BrClN3O4S/c1-4-11-25-22(29)16(2)26(14-17-7-5-8-18(23)12-17)21(28)15-27(32(3,30)31)20-10-6-9-19(24)13-20/h5-10,12-13,16H,4,11,14-15H2,1-3H3,(H,25,29). The van der Waals surface area contributed by atoms with Crippen LogP contribution in [0, 0.1) is 0 Å². The molecule has 0 radical (unpaired) electrons. The first-order valence-corrected chi connectivity index (χ1v) is 13.1. The average molecular weight is 545 g/mol. The van der Waals surface area contributed by atoms with Gasteiger partial charge < -0.3 is 10.2 Å². The maximum absolute atomic E-state index is 13.4. The summed E-state index contributed by atoms with van der Waals surface area (Å²) in [7, 11) is -3.78. The lowest BCUT2D eigenvalue weighted by Gasteiger charge is -2.31. The fourth-order valence-electron chi connectivity index (χ4n) is 3.06. The molecule has 2 rings (SSSR count). The third-order valence-electron chi connectivity index (χ3n) is 4.73. The van der Waals surface area contributed by atoms with Gasteiger partial charge in [0, 0.05) is 22.6 Å². The molecule has 2 amide bonds. The molecule has 0 heterocycles. The molecule has 0 bridgehead atoms. The molecule has 174 valence electrons. The van der Waals surface area contributed by atoms with Crippen LogP contribution < -0.4 is 9.62 Å². The molecule has 0 spiro atoms. The number of anilines is 1. The van der Waals surface area contributed by atoms with E-state index < -0.39 is 28.5 Å². The Labute approximate surface area is 202 Å². The maximum atomic E-state index is 13.4. The number of hydrogen-bond acceptors (Lipinski definition) is 4. The van der Waals surface area contributed by atoms with Gasteiger partial charge in [0.25, 0.3) is 0 Å². The van der Waals surface area contributed by atoms with Crippen molar-refractivity contribution in [2.75, 3.05) is 23.7 Å². The van der Waals surface area contributed by atoms with Crippen LogP contribution in [0.4, 0.5) is 5.69 Å². The number of halogens is 2. The summed E-state index contributed by atoms with van der Waals surface area (Å²) in [6.07, 6.45) is 1.78. The third kappa shape index (κ3) is 7.50. The summed E-state index contributed by atoms with van der Waals surface area (Å²) >= 11 is 9.44. The number of carbonyl (C=O) groups is 2. The van der Waals surface area contributed by atoms with E-state index in [4.69, 9.17) is 11.6 Å². The molecule has 1 unspecified atom stereocenters. The van der Waals surface area contributed by atoms with Crippen molar-refractivity contribution in [3.8, 4) is 0 Å². The lowest BCUT2D eigenvalue weighted by molar-refractivity contribution is -0.139. The van der Waals surface area contributed by atoms with Crippen LogP contribution in [-0.4, -0.2) is 50.5 Å². The predicted octanol–water partition coefficient (Wildman–Crippen LogP) is 3.81. The third-order valence-corrected chi connectivity index (χ3v) is 6.60. The lowest BCUT2D eigenvalue weighted by Crippen LogP contribution is -2.51. The van der Waals surface area contributed by atoms with Crippen molar-refractivity contribution in [1.82, 2.24) is 10.2 Å². The van der Waals surface area contributed by atoms with Crippen molar-refractivity contribution >= 4 is 55.1 Å². The molecule has 0 saturated carbocycles. The molecule has 1 atom stereocenters. The number of nitrogens with one attached hydrogen (secondary N) is 1. The van der Waals surface area contributed by atoms with Crippen molar-refractivity contribution in [2.45, 2.75) is 32.9 Å². The Kier molecular flexibility index (Phi) is 9.54. The smallest absolute Gasteiger partial charge is 0.244 e. The number of hydrogen-bond donors (Lipinski definition) is 1. The second kappa shape index (κ2) is 11.7. The number of sulfonamides is 1. The molecule has 0 fully saturated rings. The topological polar surface area (TPSA) is 86.8 Å². The zero-order chi connectivity index (χ0) is 23.9. The molecule has 2 aromatic rings. The first-order chi connectivity index (χ1) is 15.0. The van der Waals surface area contributed by atoms with Gasteiger partial charge in [-0.05, 0) is 49.2 Å². The second-order valence-electron chi connectivity index (χ2n) is 7.37. The van der Waals surface area contributed by atoms with Gasteiger partial charge >= 0.3 is 0 Å². The number of amides is 2. The van der Waals surface area contributed by atoms with Crippen LogP contribution >= 0.6 is 27.5 Å². The van der Waals surface area contributed by atoms with Crippen LogP contribution in [0.3, 0.4) is 0 Å². The maximum Gasteiger partial charge on any atom is 0.244 e. The first kappa shape index (κ1) is 26.2. The zero-order valence-electron chi connectivity index (χ0n) is 18.2. The van der Waals surface area contributed by atoms with Gasteiger partial charge in [-0.15, -0.1) is 0 Å². The van der Waals surface area contributed by atoms with E-state index in [9.17, 15) is 18.0 Å². The fourth-order valence-corrected chi connectivity index (χ4v) is 4.53. The summed E-state index contributed by atoms with van der Waals surface area (Å²) < 4.78 is 26.8. The van der Waals surface area contributed by atoms with E-state index in [1.807, 2.05) is 31.2 Å². The van der Waals surface area contributed by atoms with E-state index >= 15 is 0 Å². The van der Waals surface area contributed by atoms with Gasteiger partial charge in [-0.25, -0.2) is 8.42 Å². The van der Waals surface area contributed by atoms with Crippen LogP contribution in [0.5, 0.6) is 0 Å². The highest BCUT2D eigenvalue weighted by molar-refractivity contribution is 9.10. The molecule has 10 heteroatoms. The molecule has 0 aromatic heterocycles. The summed E-state index contributed by atoms with van der Waals surface area (Å²) in [4.78, 5) is 27.4. The van der Waals surface area contributed by atoms with Crippen molar-refractivity contribution < 1.29 is 18.0 Å². The molecular weight excluding hydrogens is 518 g/mol. The summed E-state index contributed by atoms with van der Waals surface area (Å²) in [5.41, 5.74) is 1.08. The van der Waals surface area contributed by atoms with Crippen LogP contribution in [0.15, 0.2) is 53.0 Å². The summed E-state index contributed by atoms with van der Waals surface area (Å²) in [6, 6.07) is 12.9. The zero-order valence-corrected chi connectivity index (χ0v) is 21.4. The highest BCUT2D eigenvalue weighted by Gasteiger charge is 2.30. The van der Waals surface area contributed by atoms with E-state index in [1.54, 1.807) is 25.1 Å². The van der Waals surface area contributed by atoms with E-state index in [0.717, 1.165) is 27.0 Å². The average Bonchev–Trinajstić information content (AvgIpc) is 2.72. The summed E-state index contributed by atoms with van der Waals surface area (Å²) in [6.45, 7) is 3.74. The number of benzene rings is 2. The first-order valence-electron chi connectivity index (χ1n) is 10.1. The van der Waals surface area contributed by atoms with Gasteiger partial charge in [0.05, 0.1) is 11.9 Å². The minimum absolute atomic E-state index is 0.145. The molecule has 0 aliphatic carbocycles. The molecule has 1 N–H and O–H groups in total. The Morgan fingerprint density at radius 2 is 1.84 bits per heavy atom. The largest absolute Gasteiger partial charge is 0.354 e. The van der Waals surface area contributed by atoms with Crippen molar-refractivity contribution in [3.05, 3.63) is 63.6 Å². The van der Waals surface area contributed by atoms with Crippen LogP contribution in [-0.2, 0) is 26.2 Å². The molecule has 0 aliphatic heterocycles.